The van der Waals surface area contributed by atoms with Gasteiger partial charge in [-0.25, -0.2) is 4.39 Å². The zero-order valence-corrected chi connectivity index (χ0v) is 10.6. The van der Waals surface area contributed by atoms with Crippen LogP contribution in [-0.4, -0.2) is 7.05 Å². The smallest absolute Gasteiger partial charge is 0.128 e. The highest BCUT2D eigenvalue weighted by Gasteiger charge is 2.13. The average Bonchev–Trinajstić information content (AvgIpc) is 2.28. The van der Waals surface area contributed by atoms with Crippen LogP contribution in [0.25, 0.3) is 0 Å². The van der Waals surface area contributed by atoms with Gasteiger partial charge in [0.2, 0.25) is 0 Å². The van der Waals surface area contributed by atoms with E-state index in [4.69, 9.17) is 11.6 Å². The molecule has 0 saturated carbocycles. The van der Waals surface area contributed by atoms with Gasteiger partial charge in [0.1, 0.15) is 5.82 Å². The van der Waals surface area contributed by atoms with Crippen molar-refractivity contribution in [3.05, 3.63) is 34.6 Å². The second kappa shape index (κ2) is 6.87. The van der Waals surface area contributed by atoms with Gasteiger partial charge in [-0.15, -0.1) is 0 Å². The number of unbranched alkanes of at least 4 members (excludes halogenated alkanes) is 2. The monoisotopic (exact) mass is 243 g/mol. The number of hydrogen-bond donors (Lipinski definition) is 1. The fourth-order valence-corrected chi connectivity index (χ4v) is 2.02. The molecule has 1 atom stereocenters. The molecule has 1 aromatic carbocycles. The second-order valence-corrected chi connectivity index (χ2v) is 4.44. The van der Waals surface area contributed by atoms with Gasteiger partial charge >= 0.3 is 0 Å². The molecule has 0 spiro atoms. The maximum Gasteiger partial charge on any atom is 0.128 e. The molecule has 0 radical (unpaired) electrons. The maximum atomic E-state index is 13.6. The lowest BCUT2D eigenvalue weighted by Crippen LogP contribution is -2.17. The first-order chi connectivity index (χ1) is 7.69. The summed E-state index contributed by atoms with van der Waals surface area (Å²) in [5.74, 6) is -0.180. The van der Waals surface area contributed by atoms with E-state index in [-0.39, 0.29) is 11.9 Å². The summed E-state index contributed by atoms with van der Waals surface area (Å²) in [6.45, 7) is 2.16. The molecule has 0 heterocycles. The fourth-order valence-electron chi connectivity index (χ4n) is 1.84. The largest absolute Gasteiger partial charge is 0.313 e. The van der Waals surface area contributed by atoms with E-state index in [1.807, 2.05) is 7.05 Å². The third-order valence-electron chi connectivity index (χ3n) is 2.78. The van der Waals surface area contributed by atoms with Crippen LogP contribution in [0, 0.1) is 5.82 Å². The van der Waals surface area contributed by atoms with Gasteiger partial charge in [0.25, 0.3) is 0 Å². The Bertz CT molecular complexity index is 328. The Morgan fingerprint density at radius 3 is 2.75 bits per heavy atom. The van der Waals surface area contributed by atoms with Crippen molar-refractivity contribution in [2.45, 2.75) is 38.6 Å². The minimum absolute atomic E-state index is 0.0604. The van der Waals surface area contributed by atoms with Crippen LogP contribution in [0.2, 0.25) is 5.02 Å². The number of hydrogen-bond acceptors (Lipinski definition) is 1. The van der Waals surface area contributed by atoms with Crippen molar-refractivity contribution in [1.82, 2.24) is 5.32 Å². The molecular weight excluding hydrogens is 225 g/mol. The molecule has 1 N–H and O–H groups in total. The summed E-state index contributed by atoms with van der Waals surface area (Å²) in [4.78, 5) is 0. The van der Waals surface area contributed by atoms with Crippen molar-refractivity contribution in [2.24, 2.45) is 0 Å². The van der Waals surface area contributed by atoms with E-state index in [1.54, 1.807) is 12.1 Å². The van der Waals surface area contributed by atoms with Crippen LogP contribution in [0.5, 0.6) is 0 Å². The molecule has 0 saturated heterocycles. The summed E-state index contributed by atoms with van der Waals surface area (Å²) < 4.78 is 13.6. The molecule has 3 heteroatoms. The molecule has 90 valence electrons. The van der Waals surface area contributed by atoms with E-state index in [9.17, 15) is 4.39 Å². The van der Waals surface area contributed by atoms with E-state index < -0.39 is 0 Å². The Hall–Kier alpha value is -0.600. The van der Waals surface area contributed by atoms with Crippen LogP contribution in [0.4, 0.5) is 4.39 Å². The van der Waals surface area contributed by atoms with Crippen LogP contribution in [0.15, 0.2) is 18.2 Å². The molecule has 0 aliphatic heterocycles. The standard InChI is InChI=1S/C13H19ClFN/c1-3-4-5-6-13(16-2)11-9-10(14)7-8-12(11)15/h7-9,13,16H,3-6H2,1-2H3. The highest BCUT2D eigenvalue weighted by molar-refractivity contribution is 6.30. The number of benzene rings is 1. The van der Waals surface area contributed by atoms with Gasteiger partial charge in [-0.3, -0.25) is 0 Å². The Labute approximate surface area is 102 Å². The third kappa shape index (κ3) is 3.76. The SMILES string of the molecule is CCCCCC(NC)c1cc(Cl)ccc1F. The molecule has 1 nitrogen and oxygen atoms in total. The van der Waals surface area contributed by atoms with Gasteiger partial charge in [0.15, 0.2) is 0 Å². The minimum Gasteiger partial charge on any atom is -0.313 e. The number of nitrogens with one attached hydrogen (secondary N) is 1. The van der Waals surface area contributed by atoms with Crippen LogP contribution in [-0.2, 0) is 0 Å². The molecule has 16 heavy (non-hydrogen) atoms. The number of rotatable bonds is 6. The second-order valence-electron chi connectivity index (χ2n) is 4.00. The Morgan fingerprint density at radius 2 is 2.12 bits per heavy atom. The Balaban J connectivity index is 2.73. The van der Waals surface area contributed by atoms with Crippen molar-refractivity contribution in [3.63, 3.8) is 0 Å². The maximum absolute atomic E-state index is 13.6. The average molecular weight is 244 g/mol. The van der Waals surface area contributed by atoms with Crippen molar-refractivity contribution in [3.8, 4) is 0 Å². The first-order valence-electron chi connectivity index (χ1n) is 5.81. The van der Waals surface area contributed by atoms with E-state index in [0.29, 0.717) is 10.6 Å². The van der Waals surface area contributed by atoms with E-state index in [1.165, 1.54) is 18.9 Å². The molecule has 0 fully saturated rings. The van der Waals surface area contributed by atoms with Crippen LogP contribution < -0.4 is 5.32 Å². The molecule has 1 unspecified atom stereocenters. The van der Waals surface area contributed by atoms with Gasteiger partial charge in [0.05, 0.1) is 0 Å². The van der Waals surface area contributed by atoms with Crippen LogP contribution >= 0.6 is 11.6 Å². The summed E-state index contributed by atoms with van der Waals surface area (Å²) in [6, 6.07) is 4.79. The molecule has 0 bridgehead atoms. The molecule has 0 aliphatic rings. The quantitative estimate of drug-likeness (QED) is 0.734. The predicted molar refractivity (Wildman–Crippen MR) is 67.4 cm³/mol. The Morgan fingerprint density at radius 1 is 1.38 bits per heavy atom. The first-order valence-corrected chi connectivity index (χ1v) is 6.19. The molecule has 0 aromatic heterocycles. The highest BCUT2D eigenvalue weighted by atomic mass is 35.5. The van der Waals surface area contributed by atoms with Crippen molar-refractivity contribution in [1.29, 1.82) is 0 Å². The van der Waals surface area contributed by atoms with Crippen molar-refractivity contribution in [2.75, 3.05) is 7.05 Å². The lowest BCUT2D eigenvalue weighted by atomic mass is 10.00. The lowest BCUT2D eigenvalue weighted by Gasteiger charge is -2.17. The lowest BCUT2D eigenvalue weighted by molar-refractivity contribution is 0.485. The summed E-state index contributed by atoms with van der Waals surface area (Å²) in [6.07, 6.45) is 4.41. The molecular formula is C13H19ClFN. The van der Waals surface area contributed by atoms with Crippen molar-refractivity contribution >= 4 is 11.6 Å². The highest BCUT2D eigenvalue weighted by Crippen LogP contribution is 2.25. The van der Waals surface area contributed by atoms with E-state index in [2.05, 4.69) is 12.2 Å². The topological polar surface area (TPSA) is 12.0 Å². The minimum atomic E-state index is -0.180. The third-order valence-corrected chi connectivity index (χ3v) is 3.01. The van der Waals surface area contributed by atoms with Crippen molar-refractivity contribution < 1.29 is 4.39 Å². The van der Waals surface area contributed by atoms with E-state index in [0.717, 1.165) is 12.8 Å². The van der Waals surface area contributed by atoms with Gasteiger partial charge < -0.3 is 5.32 Å². The summed E-state index contributed by atoms with van der Waals surface area (Å²) in [5, 5.41) is 3.74. The normalized spacial score (nSPS) is 12.8. The Kier molecular flexibility index (Phi) is 5.78. The summed E-state index contributed by atoms with van der Waals surface area (Å²) in [7, 11) is 1.86. The molecule has 0 aliphatic carbocycles. The van der Waals surface area contributed by atoms with Gasteiger partial charge in [-0.05, 0) is 31.7 Å². The van der Waals surface area contributed by atoms with Crippen LogP contribution in [0.1, 0.15) is 44.2 Å². The van der Waals surface area contributed by atoms with E-state index >= 15 is 0 Å². The molecule has 1 rings (SSSR count). The molecule has 0 amide bonds. The summed E-state index contributed by atoms with van der Waals surface area (Å²) >= 11 is 5.88. The number of halogens is 2. The molecule has 1 aromatic rings. The predicted octanol–water partition coefficient (Wildman–Crippen LogP) is 4.32. The fraction of sp³-hybridized carbons (Fsp3) is 0.538. The van der Waals surface area contributed by atoms with Crippen LogP contribution in [0.3, 0.4) is 0 Å². The summed E-state index contributed by atoms with van der Waals surface area (Å²) in [5.41, 5.74) is 0.672. The zero-order chi connectivity index (χ0) is 12.0. The first kappa shape index (κ1) is 13.5. The zero-order valence-electron chi connectivity index (χ0n) is 9.89. The van der Waals surface area contributed by atoms with Gasteiger partial charge in [-0.2, -0.15) is 0 Å². The van der Waals surface area contributed by atoms with Gasteiger partial charge in [0, 0.05) is 16.6 Å². The van der Waals surface area contributed by atoms with Gasteiger partial charge in [-0.1, -0.05) is 37.8 Å².